The van der Waals surface area contributed by atoms with Gasteiger partial charge in [-0.05, 0) is 17.2 Å². The molecule has 0 fully saturated rings. The van der Waals surface area contributed by atoms with E-state index in [2.05, 4.69) is 5.32 Å². The van der Waals surface area contributed by atoms with E-state index in [1.54, 1.807) is 6.07 Å². The van der Waals surface area contributed by atoms with E-state index in [0.717, 1.165) is 17.7 Å². The third kappa shape index (κ3) is 2.05. The minimum Gasteiger partial charge on any atom is -0.397 e. The van der Waals surface area contributed by atoms with Crippen molar-refractivity contribution in [1.82, 2.24) is 5.32 Å². The summed E-state index contributed by atoms with van der Waals surface area (Å²) in [6.45, 7) is 0.835. The maximum Gasteiger partial charge on any atom is 0.0639 e. The molecule has 1 aliphatic heterocycles. The lowest BCUT2D eigenvalue weighted by molar-refractivity contribution is 0.831. The van der Waals surface area contributed by atoms with E-state index in [9.17, 15) is 0 Å². The molecule has 0 saturated carbocycles. The standard InChI is InChI=1S/C12H14ClN3/c13-10-5-1-4-9(12(10)15)11(14)8-3-2-6-16-7-8/h1-5,7,11,16H,6,14-15H2. The van der Waals surface area contributed by atoms with E-state index in [4.69, 9.17) is 23.1 Å². The third-order valence-corrected chi connectivity index (χ3v) is 2.93. The molecular weight excluding hydrogens is 222 g/mol. The Hall–Kier alpha value is -1.45. The molecule has 0 spiro atoms. The average molecular weight is 236 g/mol. The van der Waals surface area contributed by atoms with Crippen molar-refractivity contribution in [2.75, 3.05) is 12.3 Å². The van der Waals surface area contributed by atoms with Crippen LogP contribution in [0.25, 0.3) is 0 Å². The van der Waals surface area contributed by atoms with Gasteiger partial charge in [-0.1, -0.05) is 35.9 Å². The molecule has 2 rings (SSSR count). The summed E-state index contributed by atoms with van der Waals surface area (Å²) in [6, 6.07) is 5.27. The van der Waals surface area contributed by atoms with Crippen LogP contribution in [-0.2, 0) is 0 Å². The average Bonchev–Trinajstić information content (AvgIpc) is 2.33. The van der Waals surface area contributed by atoms with Crippen molar-refractivity contribution in [1.29, 1.82) is 0 Å². The van der Waals surface area contributed by atoms with E-state index < -0.39 is 0 Å². The van der Waals surface area contributed by atoms with Gasteiger partial charge in [0, 0.05) is 12.7 Å². The van der Waals surface area contributed by atoms with Gasteiger partial charge in [-0.25, -0.2) is 0 Å². The highest BCUT2D eigenvalue weighted by atomic mass is 35.5. The Morgan fingerprint density at radius 3 is 2.88 bits per heavy atom. The Kier molecular flexibility index (Phi) is 3.17. The number of nitrogen functional groups attached to an aromatic ring is 1. The molecule has 0 aromatic heterocycles. The molecule has 1 aromatic rings. The molecule has 1 aliphatic rings. The third-order valence-electron chi connectivity index (χ3n) is 2.60. The van der Waals surface area contributed by atoms with Gasteiger partial charge in [0.15, 0.2) is 0 Å². The van der Waals surface area contributed by atoms with E-state index in [-0.39, 0.29) is 6.04 Å². The molecule has 5 N–H and O–H groups in total. The predicted molar refractivity (Wildman–Crippen MR) is 68.0 cm³/mol. The molecule has 0 bridgehead atoms. The Labute approximate surface area is 99.8 Å². The van der Waals surface area contributed by atoms with Gasteiger partial charge in [0.2, 0.25) is 0 Å². The van der Waals surface area contributed by atoms with Crippen LogP contribution in [0.5, 0.6) is 0 Å². The van der Waals surface area contributed by atoms with Gasteiger partial charge < -0.3 is 16.8 Å². The van der Waals surface area contributed by atoms with Crippen molar-refractivity contribution < 1.29 is 0 Å². The highest BCUT2D eigenvalue weighted by molar-refractivity contribution is 6.33. The maximum absolute atomic E-state index is 6.14. The van der Waals surface area contributed by atoms with Gasteiger partial charge in [-0.3, -0.25) is 0 Å². The summed E-state index contributed by atoms with van der Waals surface area (Å²) in [5.41, 5.74) is 14.5. The number of dihydropyridines is 1. The Bertz CT molecular complexity index is 452. The van der Waals surface area contributed by atoms with Crippen LogP contribution in [0, 0.1) is 0 Å². The molecule has 0 saturated heterocycles. The highest BCUT2D eigenvalue weighted by Crippen LogP contribution is 2.30. The normalized spacial score (nSPS) is 16.5. The summed E-state index contributed by atoms with van der Waals surface area (Å²) in [7, 11) is 0. The molecule has 1 unspecified atom stereocenters. The fraction of sp³-hybridized carbons (Fsp3) is 0.167. The molecule has 84 valence electrons. The number of para-hydroxylation sites is 1. The summed E-state index contributed by atoms with van der Waals surface area (Å²) in [4.78, 5) is 0. The lowest BCUT2D eigenvalue weighted by Crippen LogP contribution is -2.19. The van der Waals surface area contributed by atoms with E-state index in [1.807, 2.05) is 30.5 Å². The van der Waals surface area contributed by atoms with E-state index in [1.165, 1.54) is 0 Å². The topological polar surface area (TPSA) is 64.1 Å². The van der Waals surface area contributed by atoms with Crippen LogP contribution < -0.4 is 16.8 Å². The molecule has 0 radical (unpaired) electrons. The second-order valence-corrected chi connectivity index (χ2v) is 4.08. The number of nitrogens with two attached hydrogens (primary N) is 2. The van der Waals surface area contributed by atoms with Crippen molar-refractivity contribution in [2.24, 2.45) is 5.73 Å². The van der Waals surface area contributed by atoms with Crippen LogP contribution in [0.3, 0.4) is 0 Å². The second-order valence-electron chi connectivity index (χ2n) is 3.68. The minimum absolute atomic E-state index is 0.247. The van der Waals surface area contributed by atoms with Crippen molar-refractivity contribution in [3.63, 3.8) is 0 Å². The van der Waals surface area contributed by atoms with Crippen molar-refractivity contribution in [2.45, 2.75) is 6.04 Å². The van der Waals surface area contributed by atoms with Gasteiger partial charge in [0.25, 0.3) is 0 Å². The first kappa shape index (κ1) is 11.0. The predicted octanol–water partition coefficient (Wildman–Crippen LogP) is 1.97. The summed E-state index contributed by atoms with van der Waals surface area (Å²) < 4.78 is 0. The summed E-state index contributed by atoms with van der Waals surface area (Å²) in [5.74, 6) is 0. The van der Waals surface area contributed by atoms with Crippen molar-refractivity contribution in [3.8, 4) is 0 Å². The van der Waals surface area contributed by atoms with E-state index >= 15 is 0 Å². The Morgan fingerprint density at radius 2 is 2.19 bits per heavy atom. The number of halogens is 1. The van der Waals surface area contributed by atoms with Crippen LogP contribution in [0.1, 0.15) is 11.6 Å². The van der Waals surface area contributed by atoms with Crippen molar-refractivity contribution >= 4 is 17.3 Å². The molecule has 1 aromatic carbocycles. The van der Waals surface area contributed by atoms with Crippen LogP contribution in [0.2, 0.25) is 5.02 Å². The number of benzene rings is 1. The lowest BCUT2D eigenvalue weighted by atomic mass is 9.97. The quantitative estimate of drug-likeness (QED) is 0.687. The van der Waals surface area contributed by atoms with Crippen LogP contribution in [-0.4, -0.2) is 6.54 Å². The van der Waals surface area contributed by atoms with E-state index in [0.29, 0.717) is 10.7 Å². The van der Waals surface area contributed by atoms with Crippen LogP contribution in [0.15, 0.2) is 42.1 Å². The number of rotatable bonds is 2. The van der Waals surface area contributed by atoms with Gasteiger partial charge >= 0.3 is 0 Å². The fourth-order valence-electron chi connectivity index (χ4n) is 1.69. The second kappa shape index (κ2) is 4.60. The number of anilines is 1. The molecule has 0 aliphatic carbocycles. The molecule has 3 nitrogen and oxygen atoms in total. The highest BCUT2D eigenvalue weighted by Gasteiger charge is 2.15. The molecule has 0 amide bonds. The van der Waals surface area contributed by atoms with Gasteiger partial charge in [0.1, 0.15) is 0 Å². The maximum atomic E-state index is 6.14. The van der Waals surface area contributed by atoms with Crippen LogP contribution in [0.4, 0.5) is 5.69 Å². The first-order chi connectivity index (χ1) is 7.70. The zero-order chi connectivity index (χ0) is 11.5. The van der Waals surface area contributed by atoms with Crippen molar-refractivity contribution in [3.05, 3.63) is 52.7 Å². The summed E-state index contributed by atoms with van der Waals surface area (Å²) in [6.07, 6.45) is 5.93. The largest absolute Gasteiger partial charge is 0.397 e. The molecule has 1 atom stereocenters. The van der Waals surface area contributed by atoms with Crippen LogP contribution >= 0.6 is 11.6 Å². The summed E-state index contributed by atoms with van der Waals surface area (Å²) in [5, 5.41) is 3.66. The van der Waals surface area contributed by atoms with Gasteiger partial charge in [-0.15, -0.1) is 0 Å². The number of nitrogens with one attached hydrogen (secondary N) is 1. The van der Waals surface area contributed by atoms with Gasteiger partial charge in [-0.2, -0.15) is 0 Å². The first-order valence-corrected chi connectivity index (χ1v) is 5.47. The smallest absolute Gasteiger partial charge is 0.0639 e. The molecule has 16 heavy (non-hydrogen) atoms. The SMILES string of the molecule is Nc1c(Cl)cccc1C(N)C1=CNCC=C1. The fourth-order valence-corrected chi connectivity index (χ4v) is 1.87. The monoisotopic (exact) mass is 235 g/mol. The zero-order valence-electron chi connectivity index (χ0n) is 8.78. The van der Waals surface area contributed by atoms with Gasteiger partial charge in [0.05, 0.1) is 16.8 Å². The zero-order valence-corrected chi connectivity index (χ0v) is 9.54. The number of hydrogen-bond donors (Lipinski definition) is 3. The Balaban J connectivity index is 2.33. The first-order valence-electron chi connectivity index (χ1n) is 5.09. The molecule has 4 heteroatoms. The lowest BCUT2D eigenvalue weighted by Gasteiger charge is -2.18. The molecule has 1 heterocycles. The Morgan fingerprint density at radius 1 is 1.38 bits per heavy atom. The molecular formula is C12H14ClN3. The number of hydrogen-bond acceptors (Lipinski definition) is 3. The summed E-state index contributed by atoms with van der Waals surface area (Å²) >= 11 is 5.96. The minimum atomic E-state index is -0.247.